The maximum Gasteiger partial charge on any atom is 0.352 e. The summed E-state index contributed by atoms with van der Waals surface area (Å²) in [6, 6.07) is 7.39. The van der Waals surface area contributed by atoms with Crippen LogP contribution in [0.1, 0.15) is 25.3 Å². The molecule has 5 heteroatoms. The number of carbonyl (C=O) groups is 2. The zero-order valence-corrected chi connectivity index (χ0v) is 10.1. The van der Waals surface area contributed by atoms with E-state index in [-0.39, 0.29) is 24.5 Å². The first-order valence-corrected chi connectivity index (χ1v) is 5.85. The van der Waals surface area contributed by atoms with Crippen molar-refractivity contribution in [2.45, 2.75) is 26.2 Å². The second kappa shape index (κ2) is 5.00. The second-order valence-corrected chi connectivity index (χ2v) is 4.04. The van der Waals surface area contributed by atoms with E-state index in [0.717, 1.165) is 12.0 Å². The van der Waals surface area contributed by atoms with Crippen molar-refractivity contribution in [1.82, 2.24) is 0 Å². The summed E-state index contributed by atoms with van der Waals surface area (Å²) >= 11 is 0. The summed E-state index contributed by atoms with van der Waals surface area (Å²) in [7, 11) is 0. The van der Waals surface area contributed by atoms with Crippen molar-refractivity contribution in [3.05, 3.63) is 29.8 Å². The van der Waals surface area contributed by atoms with Gasteiger partial charge in [0.25, 0.3) is 0 Å². The van der Waals surface area contributed by atoms with Crippen LogP contribution in [0, 0.1) is 0 Å². The van der Waals surface area contributed by atoms with Gasteiger partial charge >= 0.3 is 5.97 Å². The molecule has 0 saturated carbocycles. The molecule has 0 aromatic heterocycles. The van der Waals surface area contributed by atoms with Crippen molar-refractivity contribution in [3.8, 4) is 0 Å². The molecule has 1 aromatic carbocycles. The minimum absolute atomic E-state index is 0.0282. The molecule has 1 aliphatic heterocycles. The molecule has 1 aliphatic rings. The summed E-state index contributed by atoms with van der Waals surface area (Å²) in [5.74, 6) is -1.23. The normalized spacial score (nSPS) is 15.5. The molecule has 0 radical (unpaired) electrons. The third-order valence-corrected chi connectivity index (χ3v) is 2.88. The van der Waals surface area contributed by atoms with Crippen LogP contribution in [0.4, 0.5) is 5.69 Å². The number of hydrazone groups is 1. The highest BCUT2D eigenvalue weighted by Gasteiger charge is 2.26. The molecule has 1 amide bonds. The molecular weight excluding hydrogens is 232 g/mol. The number of carbonyl (C=O) groups excluding carboxylic acids is 1. The van der Waals surface area contributed by atoms with Crippen molar-refractivity contribution in [2.75, 3.05) is 5.01 Å². The molecule has 0 aliphatic carbocycles. The molecule has 0 bridgehead atoms. The average molecular weight is 246 g/mol. The number of hydrogen-bond acceptors (Lipinski definition) is 3. The van der Waals surface area contributed by atoms with E-state index in [2.05, 4.69) is 5.10 Å². The number of amides is 1. The third-order valence-electron chi connectivity index (χ3n) is 2.88. The Kier molecular flexibility index (Phi) is 3.41. The molecule has 1 heterocycles. The first-order valence-electron chi connectivity index (χ1n) is 5.85. The lowest BCUT2D eigenvalue weighted by molar-refractivity contribution is -0.129. The first kappa shape index (κ1) is 12.3. The maximum atomic E-state index is 11.9. The van der Waals surface area contributed by atoms with Gasteiger partial charge in [0.2, 0.25) is 5.91 Å². The molecule has 18 heavy (non-hydrogen) atoms. The van der Waals surface area contributed by atoms with Gasteiger partial charge < -0.3 is 5.11 Å². The van der Waals surface area contributed by atoms with E-state index in [9.17, 15) is 9.59 Å². The van der Waals surface area contributed by atoms with E-state index in [4.69, 9.17) is 5.11 Å². The smallest absolute Gasteiger partial charge is 0.352 e. The molecule has 0 spiro atoms. The van der Waals surface area contributed by atoms with Gasteiger partial charge in [-0.3, -0.25) is 4.79 Å². The molecule has 1 N–H and O–H groups in total. The number of para-hydroxylation sites is 1. The number of rotatable bonds is 3. The van der Waals surface area contributed by atoms with Gasteiger partial charge in [-0.25, -0.2) is 4.79 Å². The van der Waals surface area contributed by atoms with Crippen LogP contribution >= 0.6 is 0 Å². The van der Waals surface area contributed by atoms with Gasteiger partial charge in [-0.15, -0.1) is 0 Å². The van der Waals surface area contributed by atoms with E-state index in [1.807, 2.05) is 25.1 Å². The fourth-order valence-electron chi connectivity index (χ4n) is 1.91. The minimum atomic E-state index is -1.07. The molecule has 1 aromatic rings. The third kappa shape index (κ3) is 2.25. The second-order valence-electron chi connectivity index (χ2n) is 4.04. The Balaban J connectivity index is 2.44. The van der Waals surface area contributed by atoms with E-state index in [1.165, 1.54) is 5.01 Å². The van der Waals surface area contributed by atoms with E-state index in [1.54, 1.807) is 6.07 Å². The van der Waals surface area contributed by atoms with Gasteiger partial charge in [0.05, 0.1) is 5.69 Å². The monoisotopic (exact) mass is 246 g/mol. The highest BCUT2D eigenvalue weighted by Crippen LogP contribution is 2.24. The molecule has 0 atom stereocenters. The SMILES string of the molecule is CCc1ccccc1N1N=C(C(=O)O)CCC1=O. The minimum Gasteiger partial charge on any atom is -0.477 e. The predicted molar refractivity (Wildman–Crippen MR) is 67.6 cm³/mol. The summed E-state index contributed by atoms with van der Waals surface area (Å²) in [6.45, 7) is 1.98. The Morgan fingerprint density at radius 3 is 2.78 bits per heavy atom. The van der Waals surface area contributed by atoms with Crippen LogP contribution < -0.4 is 5.01 Å². The maximum absolute atomic E-state index is 11.9. The molecule has 0 saturated heterocycles. The molecule has 0 fully saturated rings. The number of aliphatic carboxylic acids is 1. The Bertz CT molecular complexity index is 523. The quantitative estimate of drug-likeness (QED) is 0.884. The van der Waals surface area contributed by atoms with Crippen molar-refractivity contribution < 1.29 is 14.7 Å². The fourth-order valence-corrected chi connectivity index (χ4v) is 1.91. The van der Waals surface area contributed by atoms with Gasteiger partial charge in [0.1, 0.15) is 5.71 Å². The largest absolute Gasteiger partial charge is 0.477 e. The number of nitrogens with zero attached hydrogens (tertiary/aromatic N) is 2. The average Bonchev–Trinajstić information content (AvgIpc) is 2.39. The van der Waals surface area contributed by atoms with Crippen LogP contribution in [0.5, 0.6) is 0 Å². The van der Waals surface area contributed by atoms with Crippen LogP contribution in [0.2, 0.25) is 0 Å². The van der Waals surface area contributed by atoms with Gasteiger partial charge in [0.15, 0.2) is 0 Å². The Morgan fingerprint density at radius 1 is 1.39 bits per heavy atom. The van der Waals surface area contributed by atoms with Crippen molar-refractivity contribution in [2.24, 2.45) is 5.10 Å². The summed E-state index contributed by atoms with van der Waals surface area (Å²) in [6.07, 6.45) is 1.14. The topological polar surface area (TPSA) is 70.0 Å². The highest BCUT2D eigenvalue weighted by atomic mass is 16.4. The number of benzene rings is 1. The Labute approximate surface area is 105 Å². The van der Waals surface area contributed by atoms with Crippen LogP contribution in [0.25, 0.3) is 0 Å². The van der Waals surface area contributed by atoms with Gasteiger partial charge in [-0.2, -0.15) is 10.1 Å². The van der Waals surface area contributed by atoms with E-state index >= 15 is 0 Å². The van der Waals surface area contributed by atoms with Crippen molar-refractivity contribution >= 4 is 23.3 Å². The standard InChI is InChI=1S/C13H14N2O3/c1-2-9-5-3-4-6-11(9)15-12(16)8-7-10(14-15)13(17)18/h3-6H,2,7-8H2,1H3,(H,17,18). The summed E-state index contributed by atoms with van der Waals surface area (Å²) < 4.78 is 0. The number of aryl methyl sites for hydroxylation is 1. The lowest BCUT2D eigenvalue weighted by atomic mass is 10.1. The van der Waals surface area contributed by atoms with Crippen LogP contribution in [-0.2, 0) is 16.0 Å². The Hall–Kier alpha value is -2.17. The van der Waals surface area contributed by atoms with Gasteiger partial charge in [-0.05, 0) is 18.1 Å². The highest BCUT2D eigenvalue weighted by molar-refractivity contribution is 6.37. The summed E-state index contributed by atoms with van der Waals surface area (Å²) in [5.41, 5.74) is 1.67. The zero-order valence-electron chi connectivity index (χ0n) is 10.1. The predicted octanol–water partition coefficient (Wildman–Crippen LogP) is 1.82. The number of carboxylic acid groups (broad SMARTS) is 1. The zero-order chi connectivity index (χ0) is 13.1. The van der Waals surface area contributed by atoms with Gasteiger partial charge in [-0.1, -0.05) is 25.1 Å². The lowest BCUT2D eigenvalue weighted by Crippen LogP contribution is -2.34. The van der Waals surface area contributed by atoms with Crippen molar-refractivity contribution in [1.29, 1.82) is 0 Å². The number of anilines is 1. The molecule has 94 valence electrons. The van der Waals surface area contributed by atoms with Crippen LogP contribution in [-0.4, -0.2) is 22.7 Å². The lowest BCUT2D eigenvalue weighted by Gasteiger charge is -2.24. The molecular formula is C13H14N2O3. The summed E-state index contributed by atoms with van der Waals surface area (Å²) in [4.78, 5) is 22.8. The number of carboxylic acids is 1. The first-order chi connectivity index (χ1) is 8.63. The molecule has 5 nitrogen and oxygen atoms in total. The summed E-state index contributed by atoms with van der Waals surface area (Å²) in [5, 5.41) is 14.1. The fraction of sp³-hybridized carbons (Fsp3) is 0.308. The van der Waals surface area contributed by atoms with Crippen LogP contribution in [0.3, 0.4) is 0 Å². The molecule has 2 rings (SSSR count). The van der Waals surface area contributed by atoms with E-state index in [0.29, 0.717) is 5.69 Å². The van der Waals surface area contributed by atoms with Gasteiger partial charge in [0, 0.05) is 12.8 Å². The molecule has 0 unspecified atom stereocenters. The Morgan fingerprint density at radius 2 is 2.11 bits per heavy atom. The van der Waals surface area contributed by atoms with Crippen LogP contribution in [0.15, 0.2) is 29.4 Å². The van der Waals surface area contributed by atoms with Crippen molar-refractivity contribution in [3.63, 3.8) is 0 Å². The van der Waals surface area contributed by atoms with E-state index < -0.39 is 5.97 Å². The number of hydrogen-bond donors (Lipinski definition) is 1.